The molecule has 2 unspecified atom stereocenters. The van der Waals surface area contributed by atoms with Crippen LogP contribution in [-0.4, -0.2) is 17.5 Å². The predicted octanol–water partition coefficient (Wildman–Crippen LogP) is 3.04. The number of rotatable bonds is 4. The lowest BCUT2D eigenvalue weighted by Gasteiger charge is -2.28. The second-order valence-corrected chi connectivity index (χ2v) is 6.18. The second kappa shape index (κ2) is 5.41. The minimum Gasteiger partial charge on any atom is -0.330 e. The summed E-state index contributed by atoms with van der Waals surface area (Å²) in [6.07, 6.45) is 10.1. The summed E-state index contributed by atoms with van der Waals surface area (Å²) in [7, 11) is 0. The normalized spacial score (nSPS) is 31.1. The number of hydrogen-bond acceptors (Lipinski definition) is 2. The Morgan fingerprint density at radius 1 is 1.14 bits per heavy atom. The van der Waals surface area contributed by atoms with Crippen LogP contribution in [0.2, 0.25) is 0 Å². The molecule has 1 nitrogen and oxygen atoms in total. The van der Waals surface area contributed by atoms with E-state index in [1.807, 2.05) is 0 Å². The zero-order valence-corrected chi connectivity index (χ0v) is 9.90. The average Bonchev–Trinajstić information content (AvgIpc) is 2.87. The molecule has 2 aliphatic rings. The van der Waals surface area contributed by atoms with E-state index >= 15 is 0 Å². The van der Waals surface area contributed by atoms with Gasteiger partial charge < -0.3 is 5.73 Å². The third-order valence-corrected chi connectivity index (χ3v) is 5.49. The Kier molecular flexibility index (Phi) is 4.18. The molecule has 2 fully saturated rings. The Hall–Kier alpha value is 0.310. The smallest absolute Gasteiger partial charge is 0.00787 e. The minimum absolute atomic E-state index is 0.901. The average molecular weight is 213 g/mol. The zero-order valence-electron chi connectivity index (χ0n) is 9.08. The molecule has 0 aromatic rings. The summed E-state index contributed by atoms with van der Waals surface area (Å²) in [6.45, 7) is 0.901. The van der Waals surface area contributed by atoms with Crippen LogP contribution in [0, 0.1) is 11.8 Å². The molecule has 0 amide bonds. The van der Waals surface area contributed by atoms with E-state index in [9.17, 15) is 0 Å². The maximum atomic E-state index is 5.76. The van der Waals surface area contributed by atoms with Gasteiger partial charge in [0.25, 0.3) is 0 Å². The molecule has 14 heavy (non-hydrogen) atoms. The highest BCUT2D eigenvalue weighted by Gasteiger charge is 2.32. The van der Waals surface area contributed by atoms with Crippen LogP contribution >= 0.6 is 11.8 Å². The quantitative estimate of drug-likeness (QED) is 0.777. The summed E-state index contributed by atoms with van der Waals surface area (Å²) in [5.74, 6) is 3.38. The fourth-order valence-electron chi connectivity index (χ4n) is 3.24. The Balaban J connectivity index is 1.91. The number of thioether (sulfide) groups is 1. The Morgan fingerprint density at radius 2 is 1.93 bits per heavy atom. The molecule has 2 rings (SSSR count). The summed E-state index contributed by atoms with van der Waals surface area (Å²) in [5, 5.41) is 0.960. The maximum absolute atomic E-state index is 5.76. The maximum Gasteiger partial charge on any atom is 0.00787 e. The third-order valence-electron chi connectivity index (χ3n) is 3.95. The van der Waals surface area contributed by atoms with E-state index in [-0.39, 0.29) is 0 Å². The van der Waals surface area contributed by atoms with Gasteiger partial charge in [-0.2, -0.15) is 11.8 Å². The minimum atomic E-state index is 0.901. The van der Waals surface area contributed by atoms with Crippen LogP contribution in [0.25, 0.3) is 0 Å². The lowest BCUT2D eigenvalue weighted by molar-refractivity contribution is 0.309. The number of nitrogens with two attached hydrogens (primary N) is 1. The van der Waals surface area contributed by atoms with Gasteiger partial charge in [0.2, 0.25) is 0 Å². The van der Waals surface area contributed by atoms with Crippen LogP contribution in [0.3, 0.4) is 0 Å². The standard InChI is InChI=1S/C12H23NS/c13-8-7-11(10-4-1-2-5-10)12-6-3-9-14-12/h10-12H,1-9,13H2. The molecule has 2 atom stereocenters. The lowest BCUT2D eigenvalue weighted by atomic mass is 9.84. The second-order valence-electron chi connectivity index (χ2n) is 4.84. The molecule has 0 radical (unpaired) electrons. The molecule has 1 aliphatic heterocycles. The van der Waals surface area contributed by atoms with Crippen molar-refractivity contribution in [2.24, 2.45) is 17.6 Å². The van der Waals surface area contributed by atoms with E-state index in [2.05, 4.69) is 11.8 Å². The van der Waals surface area contributed by atoms with Crippen molar-refractivity contribution in [2.75, 3.05) is 12.3 Å². The molecule has 1 aliphatic carbocycles. The van der Waals surface area contributed by atoms with Crippen molar-refractivity contribution in [2.45, 2.75) is 50.2 Å². The summed E-state index contributed by atoms with van der Waals surface area (Å²) < 4.78 is 0. The third kappa shape index (κ3) is 2.46. The first-order chi connectivity index (χ1) is 6.92. The molecule has 0 spiro atoms. The van der Waals surface area contributed by atoms with Gasteiger partial charge >= 0.3 is 0 Å². The topological polar surface area (TPSA) is 26.0 Å². The van der Waals surface area contributed by atoms with Crippen LogP contribution in [0.1, 0.15) is 44.9 Å². The summed E-state index contributed by atoms with van der Waals surface area (Å²) >= 11 is 2.22. The molecule has 2 heteroatoms. The van der Waals surface area contributed by atoms with Crippen LogP contribution in [-0.2, 0) is 0 Å². The molecule has 1 saturated heterocycles. The van der Waals surface area contributed by atoms with E-state index < -0.39 is 0 Å². The first kappa shape index (κ1) is 10.8. The van der Waals surface area contributed by atoms with Crippen molar-refractivity contribution in [3.63, 3.8) is 0 Å². The van der Waals surface area contributed by atoms with Crippen LogP contribution in [0.5, 0.6) is 0 Å². The Labute approximate surface area is 92.2 Å². The van der Waals surface area contributed by atoms with Crippen molar-refractivity contribution in [3.8, 4) is 0 Å². The SMILES string of the molecule is NCCC(C1CCCC1)C1CCCS1. The van der Waals surface area contributed by atoms with Crippen molar-refractivity contribution < 1.29 is 0 Å². The first-order valence-electron chi connectivity index (χ1n) is 6.23. The van der Waals surface area contributed by atoms with Gasteiger partial charge in [-0.15, -0.1) is 0 Å². The van der Waals surface area contributed by atoms with E-state index in [0.717, 1.165) is 23.6 Å². The molecule has 2 N–H and O–H groups in total. The van der Waals surface area contributed by atoms with Gasteiger partial charge in [-0.05, 0) is 43.4 Å². The molecular formula is C12H23NS. The molecular weight excluding hydrogens is 190 g/mol. The molecule has 1 saturated carbocycles. The fraction of sp³-hybridized carbons (Fsp3) is 1.00. The van der Waals surface area contributed by atoms with Gasteiger partial charge in [0.1, 0.15) is 0 Å². The number of hydrogen-bond donors (Lipinski definition) is 1. The van der Waals surface area contributed by atoms with Crippen molar-refractivity contribution in [1.29, 1.82) is 0 Å². The van der Waals surface area contributed by atoms with Crippen molar-refractivity contribution in [3.05, 3.63) is 0 Å². The van der Waals surface area contributed by atoms with Crippen LogP contribution in [0.4, 0.5) is 0 Å². The van der Waals surface area contributed by atoms with Gasteiger partial charge in [-0.3, -0.25) is 0 Å². The monoisotopic (exact) mass is 213 g/mol. The highest BCUT2D eigenvalue weighted by atomic mass is 32.2. The van der Waals surface area contributed by atoms with Gasteiger partial charge in [-0.25, -0.2) is 0 Å². The van der Waals surface area contributed by atoms with E-state index in [4.69, 9.17) is 5.73 Å². The summed E-state index contributed by atoms with van der Waals surface area (Å²) in [6, 6.07) is 0. The zero-order chi connectivity index (χ0) is 9.80. The van der Waals surface area contributed by atoms with E-state index in [0.29, 0.717) is 0 Å². The molecule has 0 aromatic heterocycles. The van der Waals surface area contributed by atoms with Crippen LogP contribution < -0.4 is 5.73 Å². The molecule has 0 bridgehead atoms. The Morgan fingerprint density at radius 3 is 2.50 bits per heavy atom. The summed E-state index contributed by atoms with van der Waals surface area (Å²) in [5.41, 5.74) is 5.76. The fourth-order valence-corrected chi connectivity index (χ4v) is 4.82. The van der Waals surface area contributed by atoms with Gasteiger partial charge in [0.05, 0.1) is 0 Å². The van der Waals surface area contributed by atoms with Gasteiger partial charge in [-0.1, -0.05) is 25.7 Å². The van der Waals surface area contributed by atoms with E-state index in [1.165, 1.54) is 50.7 Å². The first-order valence-corrected chi connectivity index (χ1v) is 7.28. The van der Waals surface area contributed by atoms with Gasteiger partial charge in [0, 0.05) is 5.25 Å². The van der Waals surface area contributed by atoms with Crippen LogP contribution in [0.15, 0.2) is 0 Å². The predicted molar refractivity (Wildman–Crippen MR) is 64.6 cm³/mol. The molecule has 1 heterocycles. The molecule has 0 aromatic carbocycles. The van der Waals surface area contributed by atoms with E-state index in [1.54, 1.807) is 0 Å². The molecule has 82 valence electrons. The lowest BCUT2D eigenvalue weighted by Crippen LogP contribution is -2.25. The Bertz CT molecular complexity index is 144. The highest BCUT2D eigenvalue weighted by molar-refractivity contribution is 8.00. The van der Waals surface area contributed by atoms with Gasteiger partial charge in [0.15, 0.2) is 0 Å². The van der Waals surface area contributed by atoms with Crippen molar-refractivity contribution in [1.82, 2.24) is 0 Å². The largest absolute Gasteiger partial charge is 0.330 e. The highest BCUT2D eigenvalue weighted by Crippen LogP contribution is 2.42. The summed E-state index contributed by atoms with van der Waals surface area (Å²) in [4.78, 5) is 0. The van der Waals surface area contributed by atoms with Crippen molar-refractivity contribution >= 4 is 11.8 Å².